The van der Waals surface area contributed by atoms with Gasteiger partial charge in [0.2, 0.25) is 5.91 Å². The number of unbranched alkanes of at least 4 members (excludes halogenated alkanes) is 1. The number of fused-ring (bicyclic) bond motifs is 3. The summed E-state index contributed by atoms with van der Waals surface area (Å²) < 4.78 is 5.53. The van der Waals surface area contributed by atoms with Crippen molar-refractivity contribution in [3.63, 3.8) is 0 Å². The highest BCUT2D eigenvalue weighted by Gasteiger charge is 2.29. The molecule has 0 saturated heterocycles. The maximum Gasteiger partial charge on any atom is 0.407 e. The number of amides is 2. The van der Waals surface area contributed by atoms with Crippen LogP contribution in [-0.4, -0.2) is 42.0 Å². The van der Waals surface area contributed by atoms with E-state index in [1.807, 2.05) is 29.7 Å². The molecule has 7 heteroatoms. The van der Waals surface area contributed by atoms with E-state index < -0.39 is 12.1 Å². The van der Waals surface area contributed by atoms with Gasteiger partial charge in [-0.05, 0) is 46.9 Å². The molecule has 1 aliphatic heterocycles. The van der Waals surface area contributed by atoms with Crippen molar-refractivity contribution in [2.75, 3.05) is 19.0 Å². The average Bonchev–Trinajstić information content (AvgIpc) is 3.44. The van der Waals surface area contributed by atoms with E-state index in [0.717, 1.165) is 12.8 Å². The van der Waals surface area contributed by atoms with E-state index in [-0.39, 0.29) is 11.8 Å². The van der Waals surface area contributed by atoms with Gasteiger partial charge in [0, 0.05) is 18.7 Å². The molecule has 1 atom stereocenters. The van der Waals surface area contributed by atoms with Crippen LogP contribution < -0.4 is 11.1 Å². The zero-order valence-electron chi connectivity index (χ0n) is 17.3. The first-order valence-electron chi connectivity index (χ1n) is 10.6. The Morgan fingerprint density at radius 3 is 2.42 bits per heavy atom. The third kappa shape index (κ3) is 4.94. The number of ether oxygens (including phenoxy) is 1. The van der Waals surface area contributed by atoms with Gasteiger partial charge in [-0.1, -0.05) is 48.5 Å². The van der Waals surface area contributed by atoms with Crippen molar-refractivity contribution < 1.29 is 14.3 Å². The second kappa shape index (κ2) is 10.0. The standard InChI is InChI=1S/C24H27N3O3S/c25-22(23(28)27-13-14-31-16-27)11-5-6-12-26-24(29)30-15-21-19-9-3-1-7-17(19)18-8-2-4-10-20(18)21/h1-4,7-10,13-14,21-22H,5-6,11-12,15-16,25H2,(H,26,29). The largest absolute Gasteiger partial charge is 0.449 e. The predicted octanol–water partition coefficient (Wildman–Crippen LogP) is 4.03. The van der Waals surface area contributed by atoms with Crippen molar-refractivity contribution in [2.45, 2.75) is 31.2 Å². The fraction of sp³-hybridized carbons (Fsp3) is 0.333. The van der Waals surface area contributed by atoms with Crippen LogP contribution in [0.3, 0.4) is 0 Å². The minimum absolute atomic E-state index is 0.0502. The van der Waals surface area contributed by atoms with Gasteiger partial charge in [-0.2, -0.15) is 0 Å². The normalized spacial score (nSPS) is 15.5. The molecule has 1 aliphatic carbocycles. The molecule has 0 saturated carbocycles. The molecule has 2 aromatic carbocycles. The molecule has 6 nitrogen and oxygen atoms in total. The number of benzene rings is 2. The number of nitrogens with zero attached hydrogens (tertiary/aromatic N) is 1. The summed E-state index contributed by atoms with van der Waals surface area (Å²) in [6.45, 7) is 0.803. The Kier molecular flexibility index (Phi) is 6.94. The number of alkyl carbamates (subject to hydrolysis) is 1. The van der Waals surface area contributed by atoms with Gasteiger partial charge in [-0.3, -0.25) is 4.79 Å². The lowest BCUT2D eigenvalue weighted by Crippen LogP contribution is -2.40. The maximum absolute atomic E-state index is 12.2. The van der Waals surface area contributed by atoms with Crippen LogP contribution in [0.4, 0.5) is 4.79 Å². The van der Waals surface area contributed by atoms with Gasteiger partial charge in [0.05, 0.1) is 11.9 Å². The van der Waals surface area contributed by atoms with Crippen molar-refractivity contribution in [2.24, 2.45) is 5.73 Å². The Hall–Kier alpha value is -2.77. The topological polar surface area (TPSA) is 84.7 Å². The quantitative estimate of drug-likeness (QED) is 0.609. The van der Waals surface area contributed by atoms with Crippen LogP contribution in [-0.2, 0) is 9.53 Å². The van der Waals surface area contributed by atoms with Crippen molar-refractivity contribution in [3.8, 4) is 11.1 Å². The van der Waals surface area contributed by atoms with E-state index in [2.05, 4.69) is 29.6 Å². The van der Waals surface area contributed by atoms with Gasteiger partial charge in [0.1, 0.15) is 6.61 Å². The third-order valence-electron chi connectivity index (χ3n) is 5.71. The van der Waals surface area contributed by atoms with Crippen molar-refractivity contribution in [1.82, 2.24) is 10.2 Å². The number of carbonyl (C=O) groups is 2. The van der Waals surface area contributed by atoms with E-state index in [4.69, 9.17) is 10.5 Å². The molecule has 2 aliphatic rings. The van der Waals surface area contributed by atoms with Crippen LogP contribution in [0.25, 0.3) is 11.1 Å². The molecular formula is C24H27N3O3S. The lowest BCUT2D eigenvalue weighted by Gasteiger charge is -2.18. The molecule has 31 heavy (non-hydrogen) atoms. The monoisotopic (exact) mass is 437 g/mol. The van der Waals surface area contributed by atoms with Gasteiger partial charge in [0.25, 0.3) is 0 Å². The average molecular weight is 438 g/mol. The van der Waals surface area contributed by atoms with E-state index in [9.17, 15) is 9.59 Å². The summed E-state index contributed by atoms with van der Waals surface area (Å²) in [6, 6.07) is 16.0. The second-order valence-electron chi connectivity index (χ2n) is 7.74. The molecule has 0 radical (unpaired) electrons. The minimum Gasteiger partial charge on any atom is -0.449 e. The first-order valence-corrected chi connectivity index (χ1v) is 11.6. The van der Waals surface area contributed by atoms with Crippen LogP contribution in [0.15, 0.2) is 60.1 Å². The van der Waals surface area contributed by atoms with Gasteiger partial charge in [-0.25, -0.2) is 4.79 Å². The maximum atomic E-state index is 12.2. The van der Waals surface area contributed by atoms with Crippen LogP contribution in [0.1, 0.15) is 36.3 Å². The summed E-state index contributed by atoms with van der Waals surface area (Å²) >= 11 is 1.58. The molecule has 0 bridgehead atoms. The number of hydrogen-bond acceptors (Lipinski definition) is 5. The number of hydrogen-bond donors (Lipinski definition) is 2. The van der Waals surface area contributed by atoms with Crippen molar-refractivity contribution in [3.05, 3.63) is 71.3 Å². The van der Waals surface area contributed by atoms with Crippen molar-refractivity contribution in [1.29, 1.82) is 0 Å². The Bertz CT molecular complexity index is 933. The van der Waals surface area contributed by atoms with Crippen molar-refractivity contribution >= 4 is 23.8 Å². The molecule has 2 aromatic rings. The summed E-state index contributed by atoms with van der Waals surface area (Å²) in [6.07, 6.45) is 3.46. The number of nitrogens with two attached hydrogens (primary N) is 1. The zero-order chi connectivity index (χ0) is 21.6. The number of carbonyl (C=O) groups excluding carboxylic acids is 2. The van der Waals surface area contributed by atoms with Crippen LogP contribution in [0.5, 0.6) is 0 Å². The van der Waals surface area contributed by atoms with Gasteiger partial charge in [-0.15, -0.1) is 11.8 Å². The summed E-state index contributed by atoms with van der Waals surface area (Å²) in [5.74, 6) is 0.640. The number of thioether (sulfide) groups is 1. The molecule has 1 heterocycles. The predicted molar refractivity (Wildman–Crippen MR) is 123 cm³/mol. The lowest BCUT2D eigenvalue weighted by molar-refractivity contribution is -0.129. The summed E-state index contributed by atoms with van der Waals surface area (Å²) in [7, 11) is 0. The highest BCUT2D eigenvalue weighted by atomic mass is 32.2. The lowest BCUT2D eigenvalue weighted by atomic mass is 9.98. The molecule has 0 spiro atoms. The smallest absolute Gasteiger partial charge is 0.407 e. The number of rotatable bonds is 8. The molecule has 162 valence electrons. The second-order valence-corrected chi connectivity index (χ2v) is 8.61. The molecule has 3 N–H and O–H groups in total. The molecule has 4 rings (SSSR count). The van der Waals surface area contributed by atoms with E-state index in [1.54, 1.807) is 22.9 Å². The first kappa shape index (κ1) is 21.5. The first-order chi connectivity index (χ1) is 15.1. The third-order valence-corrected chi connectivity index (χ3v) is 6.45. The molecule has 0 aromatic heterocycles. The Balaban J connectivity index is 1.18. The molecular weight excluding hydrogens is 410 g/mol. The summed E-state index contributed by atoms with van der Waals surface area (Å²) in [4.78, 5) is 26.0. The van der Waals surface area contributed by atoms with E-state index in [1.165, 1.54) is 22.3 Å². The zero-order valence-corrected chi connectivity index (χ0v) is 18.1. The van der Waals surface area contributed by atoms with Crippen LogP contribution in [0, 0.1) is 0 Å². The van der Waals surface area contributed by atoms with Crippen LogP contribution >= 0.6 is 11.8 Å². The van der Waals surface area contributed by atoms with Crippen LogP contribution in [0.2, 0.25) is 0 Å². The fourth-order valence-electron chi connectivity index (χ4n) is 4.09. The molecule has 2 amide bonds. The van der Waals surface area contributed by atoms with Gasteiger partial charge in [0.15, 0.2) is 0 Å². The highest BCUT2D eigenvalue weighted by Crippen LogP contribution is 2.44. The fourth-order valence-corrected chi connectivity index (χ4v) is 4.78. The molecule has 0 fully saturated rings. The minimum atomic E-state index is -0.502. The van der Waals surface area contributed by atoms with Gasteiger partial charge < -0.3 is 20.7 Å². The summed E-state index contributed by atoms with van der Waals surface area (Å²) in [5, 5.41) is 4.69. The Labute approximate surface area is 186 Å². The Morgan fingerprint density at radius 1 is 1.10 bits per heavy atom. The van der Waals surface area contributed by atoms with E-state index in [0.29, 0.717) is 25.4 Å². The Morgan fingerprint density at radius 2 is 1.77 bits per heavy atom. The molecule has 1 unspecified atom stereocenters. The van der Waals surface area contributed by atoms with Gasteiger partial charge >= 0.3 is 6.09 Å². The highest BCUT2D eigenvalue weighted by molar-refractivity contribution is 8.02. The SMILES string of the molecule is NC(CCCCNC(=O)OCC1c2ccccc2-c2ccccc21)C(=O)N1C=CSC1. The number of nitrogens with one attached hydrogen (secondary N) is 1. The summed E-state index contributed by atoms with van der Waals surface area (Å²) in [5.41, 5.74) is 10.8. The van der Waals surface area contributed by atoms with E-state index >= 15 is 0 Å².